The lowest BCUT2D eigenvalue weighted by Gasteiger charge is -2.19. The second kappa shape index (κ2) is 4.61. The zero-order chi connectivity index (χ0) is 15.1. The van der Waals surface area contributed by atoms with Crippen LogP contribution in [-0.4, -0.2) is 52.1 Å². The van der Waals surface area contributed by atoms with Gasteiger partial charge in [-0.1, -0.05) is 0 Å². The highest BCUT2D eigenvalue weighted by molar-refractivity contribution is 6.21. The Morgan fingerprint density at radius 3 is 2.50 bits per heavy atom. The third-order valence-electron chi connectivity index (χ3n) is 3.19. The van der Waals surface area contributed by atoms with Crippen molar-refractivity contribution in [1.82, 2.24) is 4.90 Å². The highest BCUT2D eigenvalue weighted by Gasteiger charge is 2.33. The summed E-state index contributed by atoms with van der Waals surface area (Å²) < 4.78 is 0. The van der Waals surface area contributed by atoms with Gasteiger partial charge < -0.3 is 15.5 Å². The molecular formula is C13H14N2O5. The number of hydrogen-bond donors (Lipinski definition) is 3. The van der Waals surface area contributed by atoms with Gasteiger partial charge in [-0.25, -0.2) is 4.79 Å². The monoisotopic (exact) mass is 278 g/mol. The Bertz CT molecular complexity index is 609. The van der Waals surface area contributed by atoms with Crippen molar-refractivity contribution in [2.75, 3.05) is 18.9 Å². The molecule has 1 aromatic carbocycles. The first-order chi connectivity index (χ1) is 9.24. The first kappa shape index (κ1) is 14.0. The number of rotatable bonds is 4. The Labute approximate surface area is 114 Å². The van der Waals surface area contributed by atoms with Crippen LogP contribution in [0.1, 0.15) is 27.6 Å². The van der Waals surface area contributed by atoms with Gasteiger partial charge in [0.25, 0.3) is 11.8 Å². The molecule has 1 atom stereocenters. The van der Waals surface area contributed by atoms with Gasteiger partial charge in [-0.05, 0) is 25.1 Å². The molecule has 0 saturated carbocycles. The fourth-order valence-corrected chi connectivity index (χ4v) is 1.82. The fraction of sp³-hybridized carbons (Fsp3) is 0.308. The molecule has 1 aliphatic heterocycles. The summed E-state index contributed by atoms with van der Waals surface area (Å²) in [6.07, 6.45) is 0. The number of carbonyl (C=O) groups is 3. The van der Waals surface area contributed by atoms with Crippen LogP contribution < -0.4 is 5.32 Å². The number of imide groups is 1. The quantitative estimate of drug-likeness (QED) is 0.677. The first-order valence-corrected chi connectivity index (χ1v) is 5.90. The number of nitrogens with zero attached hydrogens (tertiary/aromatic N) is 1. The largest absolute Gasteiger partial charge is 0.479 e. The number of carbonyl (C=O) groups excluding carboxylic acids is 2. The van der Waals surface area contributed by atoms with Crippen LogP contribution in [0.5, 0.6) is 0 Å². The number of benzene rings is 1. The van der Waals surface area contributed by atoms with E-state index >= 15 is 0 Å². The number of amides is 2. The third kappa shape index (κ3) is 2.23. The second-order valence-corrected chi connectivity index (χ2v) is 4.86. The van der Waals surface area contributed by atoms with Crippen LogP contribution in [0, 0.1) is 0 Å². The summed E-state index contributed by atoms with van der Waals surface area (Å²) >= 11 is 0. The van der Waals surface area contributed by atoms with Gasteiger partial charge in [0.2, 0.25) is 0 Å². The highest BCUT2D eigenvalue weighted by Crippen LogP contribution is 2.25. The van der Waals surface area contributed by atoms with Crippen LogP contribution in [0.3, 0.4) is 0 Å². The Kier molecular flexibility index (Phi) is 3.23. The maximum Gasteiger partial charge on any atom is 0.337 e. The molecule has 0 saturated heterocycles. The molecule has 20 heavy (non-hydrogen) atoms. The Morgan fingerprint density at radius 2 is 1.90 bits per heavy atom. The number of carboxylic acids is 1. The van der Waals surface area contributed by atoms with E-state index in [1.54, 1.807) is 6.07 Å². The number of nitrogens with one attached hydrogen (secondary N) is 1. The van der Waals surface area contributed by atoms with Crippen molar-refractivity contribution in [2.24, 2.45) is 0 Å². The maximum atomic E-state index is 11.8. The van der Waals surface area contributed by atoms with Gasteiger partial charge in [0, 0.05) is 12.7 Å². The lowest BCUT2D eigenvalue weighted by molar-refractivity contribution is -0.155. The standard InChI is InChI=1S/C13H14N2O5/c1-13(20,12(18)19)6-14-7-3-4-8-9(5-7)11(17)15(2)10(8)16/h3-5,14,20H,6H2,1-2H3,(H,18,19). The van der Waals surface area contributed by atoms with E-state index < -0.39 is 17.5 Å². The van der Waals surface area contributed by atoms with Crippen LogP contribution in [0.15, 0.2) is 18.2 Å². The van der Waals surface area contributed by atoms with Gasteiger partial charge in [-0.2, -0.15) is 0 Å². The Balaban J connectivity index is 2.20. The second-order valence-electron chi connectivity index (χ2n) is 4.86. The minimum Gasteiger partial charge on any atom is -0.479 e. The van der Waals surface area contributed by atoms with Crippen molar-refractivity contribution < 1.29 is 24.6 Å². The van der Waals surface area contributed by atoms with E-state index in [-0.39, 0.29) is 18.0 Å². The molecule has 0 aliphatic carbocycles. The molecule has 2 amide bonds. The highest BCUT2D eigenvalue weighted by atomic mass is 16.4. The van der Waals surface area contributed by atoms with E-state index in [1.807, 2.05) is 0 Å². The van der Waals surface area contributed by atoms with Gasteiger partial charge in [0.05, 0.1) is 17.7 Å². The third-order valence-corrected chi connectivity index (χ3v) is 3.19. The summed E-state index contributed by atoms with van der Waals surface area (Å²) in [5.74, 6) is -2.12. The Hall–Kier alpha value is -2.41. The summed E-state index contributed by atoms with van der Waals surface area (Å²) in [5.41, 5.74) is -0.887. The van der Waals surface area contributed by atoms with Crippen molar-refractivity contribution in [3.8, 4) is 0 Å². The number of fused-ring (bicyclic) bond motifs is 1. The number of aliphatic hydroxyl groups is 1. The molecule has 0 fully saturated rings. The summed E-state index contributed by atoms with van der Waals surface area (Å²) in [6.45, 7) is 0.942. The predicted molar refractivity (Wildman–Crippen MR) is 69.6 cm³/mol. The zero-order valence-corrected chi connectivity index (χ0v) is 11.0. The van der Waals surface area contributed by atoms with Crippen molar-refractivity contribution in [1.29, 1.82) is 0 Å². The molecule has 1 unspecified atom stereocenters. The van der Waals surface area contributed by atoms with Gasteiger partial charge in [-0.3, -0.25) is 14.5 Å². The summed E-state index contributed by atoms with van der Waals surface area (Å²) in [6, 6.07) is 4.52. The van der Waals surface area contributed by atoms with Crippen molar-refractivity contribution in [3.05, 3.63) is 29.3 Å². The maximum absolute atomic E-state index is 11.8. The average molecular weight is 278 g/mol. The molecule has 0 radical (unpaired) electrons. The van der Waals surface area contributed by atoms with E-state index in [2.05, 4.69) is 5.32 Å². The van der Waals surface area contributed by atoms with Crippen LogP contribution >= 0.6 is 0 Å². The molecule has 106 valence electrons. The Morgan fingerprint density at radius 1 is 1.30 bits per heavy atom. The van der Waals surface area contributed by atoms with Crippen LogP contribution in [-0.2, 0) is 4.79 Å². The van der Waals surface area contributed by atoms with Crippen molar-refractivity contribution >= 4 is 23.5 Å². The van der Waals surface area contributed by atoms with Crippen LogP contribution in [0.4, 0.5) is 5.69 Å². The van der Waals surface area contributed by atoms with Crippen LogP contribution in [0.25, 0.3) is 0 Å². The van der Waals surface area contributed by atoms with Crippen LogP contribution in [0.2, 0.25) is 0 Å². The molecular weight excluding hydrogens is 264 g/mol. The molecule has 1 heterocycles. The fourth-order valence-electron chi connectivity index (χ4n) is 1.82. The summed E-state index contributed by atoms with van der Waals surface area (Å²) in [7, 11) is 1.40. The molecule has 1 aromatic rings. The van der Waals surface area contributed by atoms with E-state index in [9.17, 15) is 19.5 Å². The number of hydrogen-bond acceptors (Lipinski definition) is 5. The van der Waals surface area contributed by atoms with Crippen molar-refractivity contribution in [3.63, 3.8) is 0 Å². The van der Waals surface area contributed by atoms with Gasteiger partial charge >= 0.3 is 5.97 Å². The minimum atomic E-state index is -1.92. The smallest absolute Gasteiger partial charge is 0.337 e. The minimum absolute atomic E-state index is 0.223. The zero-order valence-electron chi connectivity index (χ0n) is 11.0. The molecule has 7 nitrogen and oxygen atoms in total. The average Bonchev–Trinajstić information content (AvgIpc) is 2.61. The topological polar surface area (TPSA) is 107 Å². The van der Waals surface area contributed by atoms with Gasteiger partial charge in [0.1, 0.15) is 0 Å². The summed E-state index contributed by atoms with van der Waals surface area (Å²) in [5, 5.41) is 21.1. The van der Waals surface area contributed by atoms with E-state index in [0.29, 0.717) is 11.3 Å². The molecule has 0 bridgehead atoms. The lowest BCUT2D eigenvalue weighted by Crippen LogP contribution is -2.41. The van der Waals surface area contributed by atoms with E-state index in [0.717, 1.165) is 11.8 Å². The van der Waals surface area contributed by atoms with Crippen molar-refractivity contribution in [2.45, 2.75) is 12.5 Å². The summed E-state index contributed by atoms with van der Waals surface area (Å²) in [4.78, 5) is 35.3. The molecule has 3 N–H and O–H groups in total. The SMILES string of the molecule is CN1C(=O)c2ccc(NCC(C)(O)C(=O)O)cc2C1=O. The number of carboxylic acid groups (broad SMARTS) is 1. The van der Waals surface area contributed by atoms with E-state index in [4.69, 9.17) is 5.11 Å². The van der Waals surface area contributed by atoms with Gasteiger partial charge in [-0.15, -0.1) is 0 Å². The molecule has 0 aromatic heterocycles. The number of aliphatic carboxylic acids is 1. The normalized spacial score (nSPS) is 16.9. The first-order valence-electron chi connectivity index (χ1n) is 5.90. The van der Waals surface area contributed by atoms with E-state index in [1.165, 1.54) is 19.2 Å². The molecule has 0 spiro atoms. The lowest BCUT2D eigenvalue weighted by atomic mass is 10.1. The van der Waals surface area contributed by atoms with Gasteiger partial charge in [0.15, 0.2) is 5.60 Å². The molecule has 1 aliphatic rings. The number of anilines is 1. The molecule has 2 rings (SSSR count). The molecule has 7 heteroatoms. The predicted octanol–water partition coefficient (Wildman–Crippen LogP) is 0.160.